The fourth-order valence-corrected chi connectivity index (χ4v) is 3.71. The molecule has 0 bridgehead atoms. The second-order valence-corrected chi connectivity index (χ2v) is 9.84. The number of benzene rings is 2. The molecule has 2 aromatic rings. The first-order valence-electron chi connectivity index (χ1n) is 11.1. The second kappa shape index (κ2) is 15.6. The summed E-state index contributed by atoms with van der Waals surface area (Å²) in [5, 5.41) is 25.3. The maximum atomic E-state index is 10.3. The highest BCUT2D eigenvalue weighted by molar-refractivity contribution is 7.85. The standard InChI is InChI=1S/C15H23NO.C7H7NO2.CH3NO2.CH4O3S/c1-3-15(9-4-5-10-16(2)12-15)13-7-6-8-14(17)11-13;8-6-3-1-5(2-4-6)7(9)10;2-1(3)4;1-5(2,3)4/h6-8,11,17H,3-5,9-10,12H2,1-2H3;1-4H,8H2,(H,9,10);2H2,(H,3,4);1H3,(H,2,3,4). The SMILES string of the molecule is CCC1(c2cccc(O)c2)CCCCN(C)C1.CS(=O)(=O)O.NC(=O)O.Nc1ccc(C(=O)O)cc1. The minimum absolute atomic E-state index is 0.226. The van der Waals surface area contributed by atoms with Crippen molar-refractivity contribution in [1.29, 1.82) is 0 Å². The van der Waals surface area contributed by atoms with Crippen molar-refractivity contribution in [2.24, 2.45) is 5.73 Å². The van der Waals surface area contributed by atoms with Crippen molar-refractivity contribution in [2.45, 2.75) is 38.0 Å². The number of carboxylic acids is 1. The number of rotatable bonds is 3. The Morgan fingerprint density at radius 2 is 1.61 bits per heavy atom. The number of nitrogens with zero attached hydrogens (tertiary/aromatic N) is 1. The molecule has 202 valence electrons. The molecule has 2 aromatic carbocycles. The van der Waals surface area contributed by atoms with Gasteiger partial charge in [-0.25, -0.2) is 9.59 Å². The fraction of sp³-hybridized carbons (Fsp3) is 0.417. The average Bonchev–Trinajstić information content (AvgIpc) is 2.95. The van der Waals surface area contributed by atoms with Crippen molar-refractivity contribution in [2.75, 3.05) is 32.1 Å². The number of nitrogen functional groups attached to an aromatic ring is 1. The lowest BCUT2D eigenvalue weighted by molar-refractivity contribution is 0.0696. The van der Waals surface area contributed by atoms with E-state index in [0.717, 1.165) is 13.0 Å². The van der Waals surface area contributed by atoms with Gasteiger partial charge >= 0.3 is 12.1 Å². The Labute approximate surface area is 212 Å². The highest BCUT2D eigenvalue weighted by atomic mass is 32.2. The molecule has 1 heterocycles. The zero-order chi connectivity index (χ0) is 27.9. The van der Waals surface area contributed by atoms with Crippen LogP contribution in [-0.2, 0) is 15.5 Å². The van der Waals surface area contributed by atoms with Crippen molar-refractivity contribution in [1.82, 2.24) is 4.90 Å². The lowest BCUT2D eigenvalue weighted by Crippen LogP contribution is -2.37. The van der Waals surface area contributed by atoms with Crippen LogP contribution in [0.2, 0.25) is 0 Å². The molecule has 1 atom stereocenters. The number of hydrogen-bond acceptors (Lipinski definition) is 7. The molecule has 1 unspecified atom stereocenters. The third-order valence-electron chi connectivity index (χ3n) is 5.31. The average molecular weight is 528 g/mol. The number of phenolic OH excluding ortho intramolecular Hbond substituents is 1. The van der Waals surface area contributed by atoms with Gasteiger partial charge in [0.15, 0.2) is 0 Å². The number of carboxylic acid groups (broad SMARTS) is 2. The quantitative estimate of drug-likeness (QED) is 0.254. The molecular weight excluding hydrogens is 490 g/mol. The predicted octanol–water partition coefficient (Wildman–Crippen LogP) is 3.25. The molecule has 1 fully saturated rings. The van der Waals surface area contributed by atoms with E-state index in [4.69, 9.17) is 25.3 Å². The van der Waals surface area contributed by atoms with Crippen LogP contribution in [0, 0.1) is 0 Å². The van der Waals surface area contributed by atoms with Gasteiger partial charge in [0.1, 0.15) is 5.75 Å². The first kappa shape index (κ1) is 32.7. The first-order chi connectivity index (χ1) is 16.6. The summed E-state index contributed by atoms with van der Waals surface area (Å²) < 4.78 is 25.9. The highest BCUT2D eigenvalue weighted by Gasteiger charge is 2.33. The van der Waals surface area contributed by atoms with Crippen LogP contribution in [-0.4, -0.2) is 71.6 Å². The van der Waals surface area contributed by atoms with E-state index in [1.54, 1.807) is 18.2 Å². The summed E-state index contributed by atoms with van der Waals surface area (Å²) in [5.74, 6) is -0.540. The number of primary amides is 1. The van der Waals surface area contributed by atoms with Gasteiger partial charge in [-0.2, -0.15) is 8.42 Å². The fourth-order valence-electron chi connectivity index (χ4n) is 3.71. The summed E-state index contributed by atoms with van der Waals surface area (Å²) in [6, 6.07) is 13.9. The molecule has 36 heavy (non-hydrogen) atoms. The van der Waals surface area contributed by atoms with E-state index >= 15 is 0 Å². The first-order valence-corrected chi connectivity index (χ1v) is 12.9. The number of anilines is 1. The van der Waals surface area contributed by atoms with Crippen molar-refractivity contribution in [3.63, 3.8) is 0 Å². The van der Waals surface area contributed by atoms with Crippen LogP contribution < -0.4 is 11.5 Å². The van der Waals surface area contributed by atoms with Gasteiger partial charge in [0, 0.05) is 17.6 Å². The van der Waals surface area contributed by atoms with Crippen molar-refractivity contribution >= 4 is 27.9 Å². The van der Waals surface area contributed by atoms with E-state index < -0.39 is 22.2 Å². The molecule has 1 amide bonds. The molecule has 0 aliphatic carbocycles. The minimum Gasteiger partial charge on any atom is -0.508 e. The Bertz CT molecular complexity index is 1050. The largest absolute Gasteiger partial charge is 0.508 e. The lowest BCUT2D eigenvalue weighted by atomic mass is 9.74. The Morgan fingerprint density at radius 3 is 2.06 bits per heavy atom. The minimum atomic E-state index is -3.67. The zero-order valence-electron chi connectivity index (χ0n) is 20.8. The molecule has 1 aliphatic heterocycles. The topological polar surface area (TPSA) is 204 Å². The third-order valence-corrected chi connectivity index (χ3v) is 5.31. The summed E-state index contributed by atoms with van der Waals surface area (Å²) in [4.78, 5) is 21.5. The molecule has 0 aromatic heterocycles. The van der Waals surface area contributed by atoms with Gasteiger partial charge < -0.3 is 31.7 Å². The summed E-state index contributed by atoms with van der Waals surface area (Å²) in [7, 11) is -1.46. The Morgan fingerprint density at radius 1 is 1.08 bits per heavy atom. The number of aromatic carboxylic acids is 1. The maximum absolute atomic E-state index is 10.3. The maximum Gasteiger partial charge on any atom is 0.402 e. The van der Waals surface area contributed by atoms with E-state index in [0.29, 0.717) is 17.7 Å². The Kier molecular flexibility index (Phi) is 14.2. The molecule has 11 nitrogen and oxygen atoms in total. The number of amides is 1. The van der Waals surface area contributed by atoms with E-state index in [9.17, 15) is 18.3 Å². The molecular formula is C24H37N3O8S. The monoisotopic (exact) mass is 527 g/mol. The van der Waals surface area contributed by atoms with Crippen LogP contribution >= 0.6 is 0 Å². The molecule has 3 rings (SSSR count). The van der Waals surface area contributed by atoms with E-state index in [-0.39, 0.29) is 11.0 Å². The van der Waals surface area contributed by atoms with Crippen molar-refractivity contribution in [3.05, 3.63) is 59.7 Å². The van der Waals surface area contributed by atoms with Crippen LogP contribution in [0.1, 0.15) is 48.5 Å². The summed E-state index contributed by atoms with van der Waals surface area (Å²) in [6.45, 7) is 4.57. The molecule has 12 heteroatoms. The Balaban J connectivity index is 0.000000544. The van der Waals surface area contributed by atoms with Gasteiger partial charge in [0.05, 0.1) is 11.8 Å². The van der Waals surface area contributed by atoms with Gasteiger partial charge in [-0.3, -0.25) is 4.55 Å². The Hall–Kier alpha value is -3.35. The summed E-state index contributed by atoms with van der Waals surface area (Å²) >= 11 is 0. The van der Waals surface area contributed by atoms with Gasteiger partial charge in [-0.1, -0.05) is 25.5 Å². The van der Waals surface area contributed by atoms with Crippen LogP contribution in [0.4, 0.5) is 10.5 Å². The highest BCUT2D eigenvalue weighted by Crippen LogP contribution is 2.37. The molecule has 8 N–H and O–H groups in total. The number of likely N-dealkylation sites (N-methyl/N-ethyl adjacent to an activating group) is 1. The van der Waals surface area contributed by atoms with Gasteiger partial charge in [0.2, 0.25) is 0 Å². The molecule has 0 radical (unpaired) electrons. The number of likely N-dealkylation sites (tertiary alicyclic amines) is 1. The number of nitrogens with two attached hydrogens (primary N) is 2. The smallest absolute Gasteiger partial charge is 0.402 e. The number of carbonyl (C=O) groups is 2. The van der Waals surface area contributed by atoms with E-state index in [1.807, 2.05) is 12.1 Å². The normalized spacial score (nSPS) is 17.4. The van der Waals surface area contributed by atoms with Crippen LogP contribution in [0.3, 0.4) is 0 Å². The van der Waals surface area contributed by atoms with Gasteiger partial charge in [0.25, 0.3) is 10.1 Å². The zero-order valence-corrected chi connectivity index (χ0v) is 21.6. The van der Waals surface area contributed by atoms with Gasteiger partial charge in [-0.05, 0) is 74.8 Å². The molecule has 0 saturated carbocycles. The molecule has 0 spiro atoms. The number of hydrogen-bond donors (Lipinski definition) is 6. The summed E-state index contributed by atoms with van der Waals surface area (Å²) in [5.41, 5.74) is 11.7. The van der Waals surface area contributed by atoms with Crippen LogP contribution in [0.25, 0.3) is 0 Å². The third kappa shape index (κ3) is 14.8. The molecule has 1 saturated heterocycles. The predicted molar refractivity (Wildman–Crippen MR) is 139 cm³/mol. The van der Waals surface area contributed by atoms with Crippen molar-refractivity contribution < 1.29 is 37.9 Å². The summed E-state index contributed by atoms with van der Waals surface area (Å²) in [6.07, 6.45) is 4.33. The van der Waals surface area contributed by atoms with Crippen LogP contribution in [0.15, 0.2) is 48.5 Å². The second-order valence-electron chi connectivity index (χ2n) is 8.38. The van der Waals surface area contributed by atoms with Crippen molar-refractivity contribution in [3.8, 4) is 5.75 Å². The lowest BCUT2D eigenvalue weighted by Gasteiger charge is -2.35. The number of phenols is 1. The van der Waals surface area contributed by atoms with Crippen LogP contribution in [0.5, 0.6) is 5.75 Å². The molecule has 1 aliphatic rings. The number of aromatic hydroxyl groups is 1. The van der Waals surface area contributed by atoms with Gasteiger partial charge in [-0.15, -0.1) is 0 Å². The van der Waals surface area contributed by atoms with E-state index in [1.165, 1.54) is 43.5 Å². The van der Waals surface area contributed by atoms with E-state index in [2.05, 4.69) is 30.7 Å².